The van der Waals surface area contributed by atoms with E-state index in [2.05, 4.69) is 0 Å². The fraction of sp³-hybridized carbons (Fsp3) is 0.571. The van der Waals surface area contributed by atoms with Crippen molar-refractivity contribution in [2.45, 2.75) is 26.7 Å². The van der Waals surface area contributed by atoms with Gasteiger partial charge in [0.05, 0.1) is 0 Å². The van der Waals surface area contributed by atoms with E-state index in [1.54, 1.807) is 13.8 Å². The predicted molar refractivity (Wildman–Crippen MR) is 46.5 cm³/mol. The first kappa shape index (κ1) is 18.1. The van der Waals surface area contributed by atoms with Crippen LogP contribution in [0.15, 0.2) is 0 Å². The third kappa shape index (κ3) is 177. The van der Waals surface area contributed by atoms with Crippen molar-refractivity contribution in [1.29, 1.82) is 0 Å². The number of hydrogen-bond donors (Lipinski definition) is 4. The molecule has 0 rings (SSSR count). The Morgan fingerprint density at radius 3 is 0.857 bits per heavy atom. The van der Waals surface area contributed by atoms with Crippen molar-refractivity contribution in [3.05, 3.63) is 0 Å². The molecule has 0 atom stereocenters. The summed E-state index contributed by atoms with van der Waals surface area (Å²) in [5.74, 6) is -1.49. The van der Waals surface area contributed by atoms with E-state index in [1.165, 1.54) is 0 Å². The summed E-state index contributed by atoms with van der Waals surface area (Å²) in [5.41, 5.74) is 0. The molecule has 0 saturated heterocycles. The third-order valence-electron chi connectivity index (χ3n) is 0.605. The molecule has 0 aliphatic rings. The average molecular weight is 210 g/mol. The third-order valence-corrected chi connectivity index (χ3v) is 0.605. The minimum absolute atomic E-state index is 0.222. The summed E-state index contributed by atoms with van der Waals surface area (Å²) in [5, 5.41) is 29.4. The molecule has 7 nitrogen and oxygen atoms in total. The zero-order chi connectivity index (χ0) is 12.1. The smallest absolute Gasteiger partial charge is 0.481 e. The highest BCUT2D eigenvalue weighted by molar-refractivity contribution is 5.66. The second-order valence-corrected chi connectivity index (χ2v) is 1.78. The van der Waals surface area contributed by atoms with Crippen molar-refractivity contribution >= 4 is 18.1 Å². The molecule has 0 heterocycles. The molecule has 0 spiro atoms. The molecule has 14 heavy (non-hydrogen) atoms. The normalized spacial score (nSPS) is 7.00. The lowest BCUT2D eigenvalue weighted by Gasteiger charge is -1.71. The van der Waals surface area contributed by atoms with Gasteiger partial charge in [0.25, 0.3) is 0 Å². The quantitative estimate of drug-likeness (QED) is 0.537. The maximum absolute atomic E-state index is 9.37. The van der Waals surface area contributed by atoms with Crippen molar-refractivity contribution < 1.29 is 34.8 Å². The van der Waals surface area contributed by atoms with Crippen LogP contribution in [0.2, 0.25) is 0 Å². The lowest BCUT2D eigenvalue weighted by molar-refractivity contribution is -0.137. The Balaban J connectivity index is -0.000000131. The van der Waals surface area contributed by atoms with Crippen LogP contribution >= 0.6 is 0 Å². The molecule has 84 valence electrons. The van der Waals surface area contributed by atoms with Gasteiger partial charge in [0.2, 0.25) is 0 Å². The van der Waals surface area contributed by atoms with Gasteiger partial charge in [-0.15, -0.1) is 0 Å². The largest absolute Gasteiger partial charge is 0.503 e. The van der Waals surface area contributed by atoms with E-state index in [4.69, 9.17) is 25.2 Å². The molecule has 0 aliphatic carbocycles. The van der Waals surface area contributed by atoms with Crippen molar-refractivity contribution in [3.63, 3.8) is 0 Å². The van der Waals surface area contributed by atoms with E-state index in [0.717, 1.165) is 0 Å². The maximum Gasteiger partial charge on any atom is 0.503 e. The summed E-state index contributed by atoms with van der Waals surface area (Å²) in [6.45, 7) is 3.20. The molecule has 0 aliphatic heterocycles. The average Bonchev–Trinajstić information content (AvgIpc) is 2.04. The van der Waals surface area contributed by atoms with Crippen LogP contribution in [0.1, 0.15) is 26.7 Å². The molecule has 0 aromatic heterocycles. The molecule has 0 radical (unpaired) electrons. The van der Waals surface area contributed by atoms with Gasteiger partial charge in [0, 0.05) is 12.8 Å². The van der Waals surface area contributed by atoms with Crippen molar-refractivity contribution in [2.24, 2.45) is 0 Å². The number of rotatable bonds is 2. The van der Waals surface area contributed by atoms with Gasteiger partial charge in [-0.2, -0.15) is 0 Å². The summed E-state index contributed by atoms with van der Waals surface area (Å²) >= 11 is 0. The number of carbonyl (C=O) groups is 3. The summed E-state index contributed by atoms with van der Waals surface area (Å²) in [6, 6.07) is 0. The van der Waals surface area contributed by atoms with Gasteiger partial charge >= 0.3 is 18.1 Å². The first-order chi connectivity index (χ1) is 6.27. The Morgan fingerprint density at radius 1 is 0.786 bits per heavy atom. The molecule has 0 aromatic rings. The Bertz CT molecular complexity index is 157. The Morgan fingerprint density at radius 2 is 0.857 bits per heavy atom. The van der Waals surface area contributed by atoms with Crippen LogP contribution in [0.4, 0.5) is 4.79 Å². The number of aliphatic carboxylic acids is 2. The van der Waals surface area contributed by atoms with Crippen molar-refractivity contribution in [3.8, 4) is 0 Å². The number of hydrogen-bond acceptors (Lipinski definition) is 3. The first-order valence-electron chi connectivity index (χ1n) is 3.63. The first-order valence-corrected chi connectivity index (χ1v) is 3.63. The van der Waals surface area contributed by atoms with E-state index in [-0.39, 0.29) is 12.8 Å². The second kappa shape index (κ2) is 13.8. The van der Waals surface area contributed by atoms with Crippen molar-refractivity contribution in [2.75, 3.05) is 0 Å². The molecule has 0 saturated carbocycles. The van der Waals surface area contributed by atoms with Gasteiger partial charge in [0.15, 0.2) is 0 Å². The lowest BCUT2D eigenvalue weighted by Crippen LogP contribution is -1.86. The number of carboxylic acid groups (broad SMARTS) is 4. The molecule has 0 fully saturated rings. The summed E-state index contributed by atoms with van der Waals surface area (Å²) in [6.07, 6.45) is -1.39. The van der Waals surface area contributed by atoms with Gasteiger partial charge in [-0.05, 0) is 0 Å². The summed E-state index contributed by atoms with van der Waals surface area (Å²) in [7, 11) is 0. The highest BCUT2D eigenvalue weighted by Crippen LogP contribution is 1.67. The van der Waals surface area contributed by atoms with E-state index in [0.29, 0.717) is 0 Å². The predicted octanol–water partition coefficient (Wildman–Crippen LogP) is 1.18. The molecule has 7 heteroatoms. The van der Waals surface area contributed by atoms with Crippen LogP contribution in [-0.4, -0.2) is 38.5 Å². The second-order valence-electron chi connectivity index (χ2n) is 1.78. The standard InChI is InChI=1S/2C3H6O2.CH2O3/c2*1-2-3(4)5;2-1(3)4/h2*2H2,1H3,(H,4,5);(H2,2,3,4). The van der Waals surface area contributed by atoms with Gasteiger partial charge in [-0.3, -0.25) is 9.59 Å². The topological polar surface area (TPSA) is 132 Å². The summed E-state index contributed by atoms with van der Waals surface area (Å²) in [4.78, 5) is 27.3. The van der Waals surface area contributed by atoms with Crippen LogP contribution in [0, 0.1) is 0 Å². The zero-order valence-electron chi connectivity index (χ0n) is 7.93. The van der Waals surface area contributed by atoms with E-state index in [1.807, 2.05) is 0 Å². The highest BCUT2D eigenvalue weighted by Gasteiger charge is 1.81. The zero-order valence-corrected chi connectivity index (χ0v) is 7.93. The van der Waals surface area contributed by atoms with Crippen LogP contribution in [0.5, 0.6) is 0 Å². The molecular weight excluding hydrogens is 196 g/mol. The molecule has 0 unspecified atom stereocenters. The lowest BCUT2D eigenvalue weighted by atomic mass is 10.5. The van der Waals surface area contributed by atoms with Gasteiger partial charge in [-0.25, -0.2) is 4.79 Å². The van der Waals surface area contributed by atoms with Gasteiger partial charge in [0.1, 0.15) is 0 Å². The van der Waals surface area contributed by atoms with Crippen LogP contribution in [-0.2, 0) is 9.59 Å². The van der Waals surface area contributed by atoms with Crippen LogP contribution < -0.4 is 0 Å². The van der Waals surface area contributed by atoms with E-state index in [9.17, 15) is 9.59 Å². The Kier molecular flexibility index (Phi) is 17.8. The minimum Gasteiger partial charge on any atom is -0.481 e. The van der Waals surface area contributed by atoms with Gasteiger partial charge in [-0.1, -0.05) is 13.8 Å². The molecule has 0 amide bonds. The van der Waals surface area contributed by atoms with Crippen LogP contribution in [0.25, 0.3) is 0 Å². The van der Waals surface area contributed by atoms with Gasteiger partial charge < -0.3 is 20.4 Å². The fourth-order valence-electron chi connectivity index (χ4n) is 0. The monoisotopic (exact) mass is 210 g/mol. The molecule has 0 bridgehead atoms. The van der Waals surface area contributed by atoms with Crippen LogP contribution in [0.3, 0.4) is 0 Å². The highest BCUT2D eigenvalue weighted by atomic mass is 16.6. The van der Waals surface area contributed by atoms with Crippen molar-refractivity contribution in [1.82, 2.24) is 0 Å². The summed E-state index contributed by atoms with van der Waals surface area (Å²) < 4.78 is 0. The molecule has 4 N–H and O–H groups in total. The molecule has 0 aromatic carbocycles. The van der Waals surface area contributed by atoms with E-state index >= 15 is 0 Å². The number of carboxylic acids is 2. The minimum atomic E-state index is -1.83. The van der Waals surface area contributed by atoms with E-state index < -0.39 is 18.1 Å². The molecular formula is C7H14O7. The Labute approximate surface area is 80.6 Å². The Hall–Kier alpha value is -1.79. The SMILES string of the molecule is CCC(=O)O.CCC(=O)O.O=C(O)O. The fourth-order valence-corrected chi connectivity index (χ4v) is 0. The maximum atomic E-state index is 9.37.